The van der Waals surface area contributed by atoms with E-state index >= 15 is 0 Å². The van der Waals surface area contributed by atoms with Crippen LogP contribution in [0.4, 0.5) is 20.7 Å². The Bertz CT molecular complexity index is 1300. The predicted molar refractivity (Wildman–Crippen MR) is 127 cm³/mol. The maximum atomic E-state index is 14.3. The summed E-state index contributed by atoms with van der Waals surface area (Å²) in [4.78, 5) is 38.1. The second-order valence-electron chi connectivity index (χ2n) is 8.35. The number of carboxylic acid groups (broad SMARTS) is 1. The van der Waals surface area contributed by atoms with Gasteiger partial charge in [-0.05, 0) is 68.7 Å². The van der Waals surface area contributed by atoms with Crippen LogP contribution in [0.2, 0.25) is 5.15 Å². The summed E-state index contributed by atoms with van der Waals surface area (Å²) in [6.07, 6.45) is 0.832. The van der Waals surface area contributed by atoms with Gasteiger partial charge in [-0.25, -0.2) is 23.9 Å². The number of ether oxygens (including phenoxy) is 1. The number of carbonyl (C=O) groups excluding carboxylic acids is 1. The van der Waals surface area contributed by atoms with E-state index in [0.717, 1.165) is 5.56 Å². The van der Waals surface area contributed by atoms with Gasteiger partial charge < -0.3 is 15.2 Å². The molecule has 1 aliphatic rings. The highest BCUT2D eigenvalue weighted by molar-refractivity contribution is 6.29. The summed E-state index contributed by atoms with van der Waals surface area (Å²) < 4.78 is 19.6. The van der Waals surface area contributed by atoms with Gasteiger partial charge in [0.2, 0.25) is 0 Å². The Balaban J connectivity index is 1.62. The van der Waals surface area contributed by atoms with Crippen molar-refractivity contribution in [1.82, 2.24) is 15.0 Å². The van der Waals surface area contributed by atoms with Gasteiger partial charge in [0.15, 0.2) is 5.69 Å². The molecule has 0 aliphatic carbocycles. The van der Waals surface area contributed by atoms with E-state index in [1.165, 1.54) is 23.2 Å². The number of amides is 1. The number of hydrogen-bond acceptors (Lipinski definition) is 7. The first-order valence-corrected chi connectivity index (χ1v) is 11.2. The highest BCUT2D eigenvalue weighted by Crippen LogP contribution is 2.29. The Labute approximate surface area is 205 Å². The molecule has 0 aromatic carbocycles. The number of nitrogens with zero attached hydrogens (tertiary/aromatic N) is 4. The number of nitrogens with one attached hydrogen (secondary N) is 1. The Morgan fingerprint density at radius 2 is 2.09 bits per heavy atom. The summed E-state index contributed by atoms with van der Waals surface area (Å²) in [5.41, 5.74) is 2.57. The second kappa shape index (κ2) is 9.83. The zero-order valence-corrected chi connectivity index (χ0v) is 20.0. The minimum Gasteiger partial charge on any atom is -0.476 e. The molecule has 1 saturated heterocycles. The Kier molecular flexibility index (Phi) is 6.83. The molecular weight excluding hydrogens is 477 g/mol. The fourth-order valence-electron chi connectivity index (χ4n) is 3.94. The van der Waals surface area contributed by atoms with Crippen molar-refractivity contribution in [3.8, 4) is 0 Å². The van der Waals surface area contributed by atoms with Gasteiger partial charge >= 0.3 is 12.1 Å². The van der Waals surface area contributed by atoms with E-state index in [2.05, 4.69) is 20.3 Å². The molecule has 1 fully saturated rings. The molecule has 11 heteroatoms. The maximum Gasteiger partial charge on any atom is 0.415 e. The van der Waals surface area contributed by atoms with Crippen LogP contribution >= 0.6 is 11.6 Å². The molecule has 35 heavy (non-hydrogen) atoms. The van der Waals surface area contributed by atoms with Crippen molar-refractivity contribution in [3.63, 3.8) is 0 Å². The lowest BCUT2D eigenvalue weighted by Crippen LogP contribution is -2.36. The number of anilines is 2. The molecule has 4 heterocycles. The molecule has 0 saturated carbocycles. The van der Waals surface area contributed by atoms with Crippen molar-refractivity contribution in [2.45, 2.75) is 39.3 Å². The van der Waals surface area contributed by atoms with Gasteiger partial charge in [0.25, 0.3) is 0 Å². The molecule has 2 N–H and O–H groups in total. The molecule has 9 nitrogen and oxygen atoms in total. The number of aromatic carboxylic acids is 1. The van der Waals surface area contributed by atoms with Gasteiger partial charge in [0, 0.05) is 5.69 Å². The fourth-order valence-corrected chi connectivity index (χ4v) is 4.09. The number of aromatic nitrogens is 3. The summed E-state index contributed by atoms with van der Waals surface area (Å²) in [6.45, 7) is 5.53. The first-order valence-electron chi connectivity index (χ1n) is 10.8. The summed E-state index contributed by atoms with van der Waals surface area (Å²) >= 11 is 5.84. The fraction of sp³-hybridized carbons (Fsp3) is 0.292. The normalized spacial score (nSPS) is 16.2. The predicted octanol–water partition coefficient (Wildman–Crippen LogP) is 4.72. The highest BCUT2D eigenvalue weighted by Gasteiger charge is 2.36. The Morgan fingerprint density at radius 1 is 1.31 bits per heavy atom. The minimum absolute atomic E-state index is 0.0657. The van der Waals surface area contributed by atoms with Crippen molar-refractivity contribution in [2.24, 2.45) is 0 Å². The molecule has 3 aromatic heterocycles. The minimum atomic E-state index is -1.22. The van der Waals surface area contributed by atoms with Gasteiger partial charge in [-0.1, -0.05) is 11.6 Å². The van der Waals surface area contributed by atoms with Gasteiger partial charge in [-0.15, -0.1) is 0 Å². The van der Waals surface area contributed by atoms with E-state index in [1.54, 1.807) is 26.0 Å². The largest absolute Gasteiger partial charge is 0.476 e. The Morgan fingerprint density at radius 3 is 2.83 bits per heavy atom. The maximum absolute atomic E-state index is 14.3. The van der Waals surface area contributed by atoms with Crippen molar-refractivity contribution >= 4 is 35.2 Å². The molecule has 0 unspecified atom stereocenters. The third kappa shape index (κ3) is 5.32. The van der Waals surface area contributed by atoms with Gasteiger partial charge in [0.1, 0.15) is 23.4 Å². The summed E-state index contributed by atoms with van der Waals surface area (Å²) in [7, 11) is 0. The van der Waals surface area contributed by atoms with E-state index in [4.69, 9.17) is 16.3 Å². The third-order valence-corrected chi connectivity index (χ3v) is 5.80. The zero-order valence-electron chi connectivity index (χ0n) is 19.2. The lowest BCUT2D eigenvalue weighted by molar-refractivity contribution is 0.0691. The van der Waals surface area contributed by atoms with Crippen molar-refractivity contribution < 1.29 is 23.8 Å². The number of cyclic esters (lactones) is 1. The average molecular weight is 500 g/mol. The van der Waals surface area contributed by atoms with Crippen LogP contribution in [0, 0.1) is 19.7 Å². The molecule has 1 aliphatic heterocycles. The molecule has 182 valence electrons. The highest BCUT2D eigenvalue weighted by atomic mass is 35.5. The standard InChI is InChI=1S/C24H23ClFN5O4/c1-12-6-19(14(3)28-18-4-5-20(25)30-22(18)23(32)33)29-21(7-12)31-16(11-35-24(31)34)9-15-8-13(2)27-10-17(15)26/h4-8,10,14,16,28H,9,11H2,1-3H3,(H,32,33)/t14-,16+/m1/s1. The van der Waals surface area contributed by atoms with Crippen LogP contribution in [0.5, 0.6) is 0 Å². The molecule has 3 aromatic rings. The lowest BCUT2D eigenvalue weighted by Gasteiger charge is -2.23. The quantitative estimate of drug-likeness (QED) is 0.448. The molecule has 0 spiro atoms. The summed E-state index contributed by atoms with van der Waals surface area (Å²) in [6, 6.07) is 7.35. The molecule has 4 rings (SSSR count). The van der Waals surface area contributed by atoms with Crippen LogP contribution in [-0.2, 0) is 11.2 Å². The Hall–Kier alpha value is -3.79. The topological polar surface area (TPSA) is 118 Å². The van der Waals surface area contributed by atoms with E-state index in [-0.39, 0.29) is 29.6 Å². The van der Waals surface area contributed by atoms with Crippen molar-refractivity contribution in [3.05, 3.63) is 75.7 Å². The number of pyridine rings is 3. The molecule has 2 atom stereocenters. The number of carbonyl (C=O) groups is 2. The number of hydrogen-bond donors (Lipinski definition) is 2. The number of rotatable bonds is 7. The molecular formula is C24H23ClFN5O4. The van der Waals surface area contributed by atoms with E-state index < -0.39 is 30.0 Å². The van der Waals surface area contributed by atoms with Crippen LogP contribution in [0.15, 0.2) is 36.5 Å². The number of carboxylic acids is 1. The molecule has 0 bridgehead atoms. The van der Waals surface area contributed by atoms with Crippen molar-refractivity contribution in [1.29, 1.82) is 0 Å². The van der Waals surface area contributed by atoms with Crippen LogP contribution < -0.4 is 10.2 Å². The van der Waals surface area contributed by atoms with Crippen LogP contribution in [0.1, 0.15) is 46.0 Å². The molecule has 0 radical (unpaired) electrons. The second-order valence-corrected chi connectivity index (χ2v) is 8.74. The smallest absolute Gasteiger partial charge is 0.415 e. The van der Waals surface area contributed by atoms with E-state index in [9.17, 15) is 19.1 Å². The van der Waals surface area contributed by atoms with Gasteiger partial charge in [-0.3, -0.25) is 9.88 Å². The SMILES string of the molecule is Cc1cc([C@@H](C)Nc2ccc(Cl)nc2C(=O)O)nc(N2C(=O)OC[C@@H]2Cc2cc(C)ncc2F)c1. The van der Waals surface area contributed by atoms with Crippen molar-refractivity contribution in [2.75, 3.05) is 16.8 Å². The number of halogens is 2. The third-order valence-electron chi connectivity index (χ3n) is 5.59. The summed E-state index contributed by atoms with van der Waals surface area (Å²) in [5.74, 6) is -1.31. The molecule has 1 amide bonds. The first-order chi connectivity index (χ1) is 16.6. The summed E-state index contributed by atoms with van der Waals surface area (Å²) in [5, 5.41) is 12.6. The lowest BCUT2D eigenvalue weighted by atomic mass is 10.1. The average Bonchev–Trinajstić information content (AvgIpc) is 3.16. The zero-order chi connectivity index (χ0) is 25.3. The van der Waals surface area contributed by atoms with Crippen LogP contribution in [-0.4, -0.2) is 44.8 Å². The van der Waals surface area contributed by atoms with Gasteiger partial charge in [-0.2, -0.15) is 0 Å². The van der Waals surface area contributed by atoms with E-state index in [0.29, 0.717) is 22.8 Å². The first kappa shape index (κ1) is 24.3. The monoisotopic (exact) mass is 499 g/mol. The van der Waals surface area contributed by atoms with Crippen LogP contribution in [0.25, 0.3) is 0 Å². The van der Waals surface area contributed by atoms with Crippen LogP contribution in [0.3, 0.4) is 0 Å². The van der Waals surface area contributed by atoms with Gasteiger partial charge in [0.05, 0.1) is 29.7 Å². The van der Waals surface area contributed by atoms with E-state index in [1.807, 2.05) is 13.0 Å². The number of aryl methyl sites for hydroxylation is 2.